The van der Waals surface area contributed by atoms with Crippen LogP contribution in [0.1, 0.15) is 39.3 Å². The number of hydrogen-bond donors (Lipinski definition) is 1. The lowest BCUT2D eigenvalue weighted by molar-refractivity contribution is -0.142. The third-order valence-electron chi connectivity index (χ3n) is 3.00. The summed E-state index contributed by atoms with van der Waals surface area (Å²) in [5.74, 6) is 1.49. The third kappa shape index (κ3) is 7.18. The van der Waals surface area contributed by atoms with Gasteiger partial charge in [0.1, 0.15) is 5.75 Å². The van der Waals surface area contributed by atoms with Crippen molar-refractivity contribution in [2.45, 2.75) is 38.5 Å². The van der Waals surface area contributed by atoms with E-state index in [1.54, 1.807) is 7.11 Å². The molecule has 1 atom stereocenters. The van der Waals surface area contributed by atoms with Crippen LogP contribution in [0.5, 0.6) is 5.75 Å². The quantitative estimate of drug-likeness (QED) is 0.742. The Morgan fingerprint density at radius 1 is 1.27 bits per heavy atom. The number of carbonyl (C=O) groups is 1. The summed E-state index contributed by atoms with van der Waals surface area (Å²) >= 11 is 1.87. The molecule has 0 bridgehead atoms. The average molecular weight is 325 g/mol. The Labute approximate surface area is 138 Å². The van der Waals surface area contributed by atoms with Crippen molar-refractivity contribution in [3.63, 3.8) is 0 Å². The predicted octanol–water partition coefficient (Wildman–Crippen LogP) is 3.42. The molecule has 1 unspecified atom stereocenters. The van der Waals surface area contributed by atoms with E-state index in [0.29, 0.717) is 6.61 Å². The van der Waals surface area contributed by atoms with Crippen LogP contribution in [0.25, 0.3) is 0 Å². The van der Waals surface area contributed by atoms with Crippen LogP contribution >= 0.6 is 11.8 Å². The second-order valence-electron chi connectivity index (χ2n) is 5.94. The third-order valence-corrected chi connectivity index (χ3v) is 4.37. The molecule has 1 N–H and O–H groups in total. The van der Waals surface area contributed by atoms with Gasteiger partial charge in [-0.1, -0.05) is 32.9 Å². The second-order valence-corrected chi connectivity index (χ2v) is 7.78. The normalized spacial score (nSPS) is 12.8. The zero-order chi connectivity index (χ0) is 16.6. The van der Waals surface area contributed by atoms with E-state index in [2.05, 4.69) is 26.1 Å². The molecule has 0 aliphatic rings. The Morgan fingerprint density at radius 2 is 1.91 bits per heavy atom. The van der Waals surface area contributed by atoms with Crippen molar-refractivity contribution in [2.24, 2.45) is 0 Å². The summed E-state index contributed by atoms with van der Waals surface area (Å²) in [7, 11) is 1.65. The van der Waals surface area contributed by atoms with Gasteiger partial charge in [-0.05, 0) is 24.6 Å². The summed E-state index contributed by atoms with van der Waals surface area (Å²) in [5, 5.41) is 3.29. The summed E-state index contributed by atoms with van der Waals surface area (Å²) in [6.45, 7) is 9.00. The molecule has 0 aliphatic heterocycles. The zero-order valence-electron chi connectivity index (χ0n) is 14.1. The first-order valence-electron chi connectivity index (χ1n) is 7.52. The van der Waals surface area contributed by atoms with Crippen LogP contribution in [-0.4, -0.2) is 36.7 Å². The van der Waals surface area contributed by atoms with Crippen LogP contribution < -0.4 is 10.1 Å². The molecule has 0 aliphatic carbocycles. The molecule has 0 saturated carbocycles. The predicted molar refractivity (Wildman–Crippen MR) is 92.6 cm³/mol. The number of methoxy groups -OCH3 is 1. The van der Waals surface area contributed by atoms with Crippen LogP contribution in [0.2, 0.25) is 0 Å². The van der Waals surface area contributed by atoms with Gasteiger partial charge < -0.3 is 9.47 Å². The van der Waals surface area contributed by atoms with Crippen molar-refractivity contribution in [1.29, 1.82) is 0 Å². The lowest BCUT2D eigenvalue weighted by Gasteiger charge is -2.24. The van der Waals surface area contributed by atoms with E-state index in [4.69, 9.17) is 9.47 Å². The molecule has 0 spiro atoms. The first-order chi connectivity index (χ1) is 10.4. The highest BCUT2D eigenvalue weighted by atomic mass is 32.2. The van der Waals surface area contributed by atoms with Gasteiger partial charge in [0.05, 0.1) is 20.3 Å². The van der Waals surface area contributed by atoms with E-state index in [-0.39, 0.29) is 23.3 Å². The Kier molecular flexibility index (Phi) is 7.76. The topological polar surface area (TPSA) is 47.6 Å². The van der Waals surface area contributed by atoms with Crippen molar-refractivity contribution in [2.75, 3.05) is 26.0 Å². The molecule has 1 rings (SSSR count). The van der Waals surface area contributed by atoms with Gasteiger partial charge in [-0.15, -0.1) is 0 Å². The van der Waals surface area contributed by atoms with Gasteiger partial charge >= 0.3 is 5.97 Å². The Bertz CT molecular complexity index is 454. The lowest BCUT2D eigenvalue weighted by Crippen LogP contribution is -2.31. The minimum absolute atomic E-state index is 0.0968. The Hall–Kier alpha value is -1.20. The maximum Gasteiger partial charge on any atom is 0.319 e. The number of ether oxygens (including phenoxy) is 2. The highest BCUT2D eigenvalue weighted by molar-refractivity contribution is 8.00. The van der Waals surface area contributed by atoms with E-state index in [1.807, 2.05) is 43.0 Å². The van der Waals surface area contributed by atoms with Gasteiger partial charge in [0.2, 0.25) is 0 Å². The Balaban J connectivity index is 2.73. The molecule has 0 fully saturated rings. The molecule has 0 aromatic heterocycles. The van der Waals surface area contributed by atoms with Crippen molar-refractivity contribution >= 4 is 17.7 Å². The average Bonchev–Trinajstić information content (AvgIpc) is 2.47. The molecule has 5 heteroatoms. The second kappa shape index (κ2) is 9.06. The maximum atomic E-state index is 11.6. The summed E-state index contributed by atoms with van der Waals surface area (Å²) < 4.78 is 10.4. The summed E-state index contributed by atoms with van der Waals surface area (Å²) in [6, 6.07) is 8.04. The number of thioether (sulfide) groups is 1. The molecule has 1 aromatic rings. The van der Waals surface area contributed by atoms with E-state index in [1.165, 1.54) is 0 Å². The molecular formula is C17H27NO3S. The number of rotatable bonds is 8. The molecule has 4 nitrogen and oxygen atoms in total. The smallest absolute Gasteiger partial charge is 0.319 e. The van der Waals surface area contributed by atoms with Gasteiger partial charge in [0.25, 0.3) is 0 Å². The van der Waals surface area contributed by atoms with Crippen LogP contribution in [0.4, 0.5) is 0 Å². The lowest BCUT2D eigenvalue weighted by atomic mass is 10.1. The SMILES string of the molecule is CCOC(=O)CNC(CSC(C)(C)C)c1ccc(OC)cc1. The standard InChI is InChI=1S/C17H27NO3S/c1-6-21-16(19)11-18-15(12-22-17(2,3)4)13-7-9-14(20-5)10-8-13/h7-10,15,18H,6,11-12H2,1-5H3. The van der Waals surface area contributed by atoms with Gasteiger partial charge in [0.15, 0.2) is 0 Å². The van der Waals surface area contributed by atoms with Gasteiger partial charge in [-0.25, -0.2) is 0 Å². The Morgan fingerprint density at radius 3 is 2.41 bits per heavy atom. The van der Waals surface area contributed by atoms with Gasteiger partial charge in [-0.2, -0.15) is 11.8 Å². The first-order valence-corrected chi connectivity index (χ1v) is 8.51. The first kappa shape index (κ1) is 18.8. The van der Waals surface area contributed by atoms with Crippen LogP contribution in [0, 0.1) is 0 Å². The van der Waals surface area contributed by atoms with E-state index in [0.717, 1.165) is 17.1 Å². The highest BCUT2D eigenvalue weighted by Gasteiger charge is 2.18. The number of esters is 1. The van der Waals surface area contributed by atoms with Crippen LogP contribution in [0.15, 0.2) is 24.3 Å². The van der Waals surface area contributed by atoms with Crippen molar-refractivity contribution in [1.82, 2.24) is 5.32 Å². The monoisotopic (exact) mass is 325 g/mol. The molecule has 22 heavy (non-hydrogen) atoms. The molecule has 0 heterocycles. The number of nitrogens with one attached hydrogen (secondary N) is 1. The number of carbonyl (C=O) groups excluding carboxylic acids is 1. The minimum atomic E-state index is -0.221. The van der Waals surface area contributed by atoms with E-state index < -0.39 is 0 Å². The summed E-state index contributed by atoms with van der Waals surface area (Å²) in [5.41, 5.74) is 1.14. The molecule has 0 amide bonds. The van der Waals surface area contributed by atoms with Crippen LogP contribution in [-0.2, 0) is 9.53 Å². The van der Waals surface area contributed by atoms with E-state index in [9.17, 15) is 4.79 Å². The fourth-order valence-electron chi connectivity index (χ4n) is 1.86. The fraction of sp³-hybridized carbons (Fsp3) is 0.588. The molecule has 0 radical (unpaired) electrons. The molecular weight excluding hydrogens is 298 g/mol. The van der Waals surface area contributed by atoms with E-state index >= 15 is 0 Å². The molecule has 0 saturated heterocycles. The maximum absolute atomic E-state index is 11.6. The number of hydrogen-bond acceptors (Lipinski definition) is 5. The zero-order valence-corrected chi connectivity index (χ0v) is 15.0. The van der Waals surface area contributed by atoms with Crippen molar-refractivity contribution in [3.05, 3.63) is 29.8 Å². The van der Waals surface area contributed by atoms with Gasteiger partial charge in [-0.3, -0.25) is 10.1 Å². The van der Waals surface area contributed by atoms with Crippen molar-refractivity contribution < 1.29 is 14.3 Å². The summed E-state index contributed by atoms with van der Waals surface area (Å²) in [6.07, 6.45) is 0. The molecule has 124 valence electrons. The van der Waals surface area contributed by atoms with Crippen LogP contribution in [0.3, 0.4) is 0 Å². The van der Waals surface area contributed by atoms with Crippen molar-refractivity contribution in [3.8, 4) is 5.75 Å². The highest BCUT2D eigenvalue weighted by Crippen LogP contribution is 2.29. The number of benzene rings is 1. The molecule has 1 aromatic carbocycles. The minimum Gasteiger partial charge on any atom is -0.497 e. The summed E-state index contributed by atoms with van der Waals surface area (Å²) in [4.78, 5) is 11.6. The largest absolute Gasteiger partial charge is 0.497 e. The van der Waals surface area contributed by atoms with Gasteiger partial charge in [0, 0.05) is 16.5 Å². The fourth-order valence-corrected chi connectivity index (χ4v) is 2.84.